The van der Waals surface area contributed by atoms with Crippen LogP contribution in [0.1, 0.15) is 9.67 Å². The van der Waals surface area contributed by atoms with E-state index in [0.717, 1.165) is 16.1 Å². The fourth-order valence-corrected chi connectivity index (χ4v) is 3.06. The van der Waals surface area contributed by atoms with E-state index in [2.05, 4.69) is 5.32 Å². The fraction of sp³-hybridized carbons (Fsp3) is 0.0556. The summed E-state index contributed by atoms with van der Waals surface area (Å²) >= 11 is 1.39. The van der Waals surface area contributed by atoms with Gasteiger partial charge in [-0.05, 0) is 48.0 Å². The van der Waals surface area contributed by atoms with Crippen molar-refractivity contribution in [1.82, 2.24) is 0 Å². The van der Waals surface area contributed by atoms with Crippen molar-refractivity contribution in [2.45, 2.75) is 0 Å². The Hall–Kier alpha value is -2.79. The Morgan fingerprint density at radius 1 is 1.09 bits per heavy atom. The first-order valence-corrected chi connectivity index (χ1v) is 7.82. The summed E-state index contributed by atoms with van der Waals surface area (Å²) < 4.78 is 5.12. The van der Waals surface area contributed by atoms with Gasteiger partial charge in [0.05, 0.1) is 12.0 Å². The van der Waals surface area contributed by atoms with Crippen molar-refractivity contribution in [3.63, 3.8) is 0 Å². The van der Waals surface area contributed by atoms with Crippen molar-refractivity contribution in [2.24, 2.45) is 0 Å². The predicted molar refractivity (Wildman–Crippen MR) is 92.4 cm³/mol. The highest BCUT2D eigenvalue weighted by Gasteiger charge is 2.12. The third-order valence-electron chi connectivity index (χ3n) is 3.33. The van der Waals surface area contributed by atoms with Gasteiger partial charge in [0.25, 0.3) is 5.91 Å². The first-order valence-electron chi connectivity index (χ1n) is 7.01. The minimum atomic E-state index is -0.141. The summed E-state index contributed by atoms with van der Waals surface area (Å²) in [5.74, 6) is 0.360. The van der Waals surface area contributed by atoms with Crippen molar-refractivity contribution in [3.8, 4) is 21.9 Å². The van der Waals surface area contributed by atoms with E-state index in [9.17, 15) is 9.90 Å². The number of nitrogens with one attached hydrogen (secondary N) is 1. The third-order valence-corrected chi connectivity index (χ3v) is 4.46. The summed E-state index contributed by atoms with van der Waals surface area (Å²) in [6.45, 7) is 0. The lowest BCUT2D eigenvalue weighted by molar-refractivity contribution is 0.103. The van der Waals surface area contributed by atoms with Crippen LogP contribution >= 0.6 is 11.3 Å². The maximum Gasteiger partial charge on any atom is 0.265 e. The molecule has 0 radical (unpaired) electrons. The lowest BCUT2D eigenvalue weighted by Crippen LogP contribution is -2.09. The Morgan fingerprint density at radius 3 is 2.61 bits per heavy atom. The second-order valence-corrected chi connectivity index (χ2v) is 5.95. The van der Waals surface area contributed by atoms with Gasteiger partial charge in [-0.25, -0.2) is 0 Å². The Balaban J connectivity index is 1.81. The van der Waals surface area contributed by atoms with Gasteiger partial charge in [-0.15, -0.1) is 11.3 Å². The molecule has 0 fully saturated rings. The van der Waals surface area contributed by atoms with E-state index in [-0.39, 0.29) is 11.7 Å². The van der Waals surface area contributed by atoms with Crippen molar-refractivity contribution in [3.05, 3.63) is 65.5 Å². The summed E-state index contributed by atoms with van der Waals surface area (Å²) in [7, 11) is 1.51. The van der Waals surface area contributed by atoms with Gasteiger partial charge in [-0.1, -0.05) is 18.2 Å². The lowest BCUT2D eigenvalue weighted by atomic mass is 10.1. The average Bonchev–Trinajstić information content (AvgIpc) is 3.06. The molecule has 1 aromatic heterocycles. The number of ether oxygens (including phenoxy) is 1. The van der Waals surface area contributed by atoms with Crippen LogP contribution in [-0.2, 0) is 0 Å². The van der Waals surface area contributed by atoms with Crippen LogP contribution in [0.15, 0.2) is 60.7 Å². The van der Waals surface area contributed by atoms with E-state index in [4.69, 9.17) is 4.74 Å². The second-order valence-electron chi connectivity index (χ2n) is 4.87. The number of hydrogen-bond donors (Lipinski definition) is 2. The van der Waals surface area contributed by atoms with Gasteiger partial charge in [0, 0.05) is 10.6 Å². The number of aromatic hydroxyl groups is 1. The van der Waals surface area contributed by atoms with E-state index in [1.807, 2.05) is 36.4 Å². The van der Waals surface area contributed by atoms with E-state index < -0.39 is 0 Å². The minimum Gasteiger partial charge on any atom is -0.504 e. The molecule has 1 amide bonds. The number of anilines is 1. The van der Waals surface area contributed by atoms with Crippen LogP contribution in [0.2, 0.25) is 0 Å². The van der Waals surface area contributed by atoms with Crippen LogP contribution in [0.4, 0.5) is 5.69 Å². The summed E-state index contributed by atoms with van der Waals surface area (Å²) in [4.78, 5) is 13.8. The molecular formula is C18H15NO3S. The van der Waals surface area contributed by atoms with E-state index in [1.165, 1.54) is 18.4 Å². The molecule has 4 nitrogen and oxygen atoms in total. The van der Waals surface area contributed by atoms with Crippen LogP contribution in [0.25, 0.3) is 10.4 Å². The Kier molecular flexibility index (Phi) is 4.30. The summed E-state index contributed by atoms with van der Waals surface area (Å²) in [6.07, 6.45) is 0. The third kappa shape index (κ3) is 3.35. The molecule has 3 aromatic rings. The number of rotatable bonds is 4. The molecule has 5 heteroatoms. The van der Waals surface area contributed by atoms with Crippen molar-refractivity contribution < 1.29 is 14.6 Å². The molecule has 0 spiro atoms. The van der Waals surface area contributed by atoms with E-state index in [0.29, 0.717) is 10.6 Å². The number of phenols is 1. The van der Waals surface area contributed by atoms with Gasteiger partial charge in [0.2, 0.25) is 0 Å². The molecule has 116 valence electrons. The van der Waals surface area contributed by atoms with Crippen LogP contribution in [0, 0.1) is 0 Å². The zero-order valence-corrected chi connectivity index (χ0v) is 13.3. The predicted octanol–water partition coefficient (Wildman–Crippen LogP) is 4.38. The molecule has 0 unspecified atom stereocenters. The van der Waals surface area contributed by atoms with Gasteiger partial charge >= 0.3 is 0 Å². The van der Waals surface area contributed by atoms with Crippen LogP contribution in [0.3, 0.4) is 0 Å². The topological polar surface area (TPSA) is 58.6 Å². The quantitative estimate of drug-likeness (QED) is 0.748. The van der Waals surface area contributed by atoms with Crippen LogP contribution < -0.4 is 10.1 Å². The molecule has 0 saturated carbocycles. The monoisotopic (exact) mass is 325 g/mol. The number of carbonyl (C=O) groups excluding carboxylic acids is 1. The highest BCUT2D eigenvalue weighted by atomic mass is 32.1. The molecule has 0 saturated heterocycles. The highest BCUT2D eigenvalue weighted by molar-refractivity contribution is 7.17. The standard InChI is InChI=1S/C18H15NO3S/c1-22-15-11-12(7-8-14(15)20)16-9-10-17(23-16)18(21)19-13-5-3-2-4-6-13/h2-11,20H,1H3,(H,19,21). The maximum absolute atomic E-state index is 12.3. The number of amides is 1. The lowest BCUT2D eigenvalue weighted by Gasteiger charge is -2.05. The van der Waals surface area contributed by atoms with Crippen LogP contribution in [0.5, 0.6) is 11.5 Å². The van der Waals surface area contributed by atoms with Gasteiger partial charge in [0.15, 0.2) is 11.5 Å². The molecule has 1 heterocycles. The van der Waals surface area contributed by atoms with E-state index in [1.54, 1.807) is 24.3 Å². The Bertz CT molecular complexity index is 827. The van der Waals surface area contributed by atoms with Gasteiger partial charge in [-0.2, -0.15) is 0 Å². The average molecular weight is 325 g/mol. The number of para-hydroxylation sites is 1. The van der Waals surface area contributed by atoms with Crippen molar-refractivity contribution >= 4 is 22.9 Å². The molecule has 0 atom stereocenters. The number of benzene rings is 2. The highest BCUT2D eigenvalue weighted by Crippen LogP contribution is 2.34. The molecule has 3 rings (SSSR count). The smallest absolute Gasteiger partial charge is 0.265 e. The van der Waals surface area contributed by atoms with Crippen LogP contribution in [-0.4, -0.2) is 18.1 Å². The number of hydrogen-bond acceptors (Lipinski definition) is 4. The summed E-state index contributed by atoms with van der Waals surface area (Å²) in [5.41, 5.74) is 1.65. The molecule has 0 aliphatic rings. The molecule has 2 N–H and O–H groups in total. The maximum atomic E-state index is 12.3. The Labute approximate surface area is 138 Å². The van der Waals surface area contributed by atoms with Crippen molar-refractivity contribution in [1.29, 1.82) is 0 Å². The SMILES string of the molecule is COc1cc(-c2ccc(C(=O)Nc3ccccc3)s2)ccc1O. The van der Waals surface area contributed by atoms with Crippen molar-refractivity contribution in [2.75, 3.05) is 12.4 Å². The number of methoxy groups -OCH3 is 1. The number of thiophene rings is 1. The normalized spacial score (nSPS) is 10.3. The van der Waals surface area contributed by atoms with Gasteiger partial charge < -0.3 is 15.2 Å². The summed E-state index contributed by atoms with van der Waals surface area (Å²) in [5, 5.41) is 12.5. The molecule has 0 aliphatic carbocycles. The first kappa shape index (κ1) is 15.1. The van der Waals surface area contributed by atoms with Gasteiger partial charge in [0.1, 0.15) is 0 Å². The molecule has 23 heavy (non-hydrogen) atoms. The number of phenolic OH excluding ortho intramolecular Hbond substituents is 1. The molecule has 0 bridgehead atoms. The fourth-order valence-electron chi connectivity index (χ4n) is 2.16. The zero-order chi connectivity index (χ0) is 16.2. The molecule has 2 aromatic carbocycles. The largest absolute Gasteiger partial charge is 0.504 e. The van der Waals surface area contributed by atoms with E-state index >= 15 is 0 Å². The zero-order valence-electron chi connectivity index (χ0n) is 12.4. The first-order chi connectivity index (χ1) is 11.2. The Morgan fingerprint density at radius 2 is 1.87 bits per heavy atom. The second kappa shape index (κ2) is 6.54. The number of carbonyl (C=O) groups is 1. The molecule has 0 aliphatic heterocycles. The minimum absolute atomic E-state index is 0.0925. The van der Waals surface area contributed by atoms with Gasteiger partial charge in [-0.3, -0.25) is 4.79 Å². The summed E-state index contributed by atoms with van der Waals surface area (Å²) in [6, 6.07) is 18.1. The molecular weight excluding hydrogens is 310 g/mol.